The first-order valence-electron chi connectivity index (χ1n) is 6.77. The van der Waals surface area contributed by atoms with E-state index in [-0.39, 0.29) is 11.7 Å². The Balaban J connectivity index is 1.80. The molecule has 21 heavy (non-hydrogen) atoms. The first-order chi connectivity index (χ1) is 10.2. The molecule has 0 radical (unpaired) electrons. The van der Waals surface area contributed by atoms with E-state index >= 15 is 0 Å². The molecule has 5 heteroatoms. The van der Waals surface area contributed by atoms with Gasteiger partial charge < -0.3 is 15.4 Å². The van der Waals surface area contributed by atoms with Crippen LogP contribution in [0.1, 0.15) is 18.5 Å². The molecule has 0 aliphatic carbocycles. The van der Waals surface area contributed by atoms with Crippen LogP contribution >= 0.6 is 0 Å². The van der Waals surface area contributed by atoms with Crippen LogP contribution in [-0.2, 0) is 4.79 Å². The van der Waals surface area contributed by atoms with Gasteiger partial charge >= 0.3 is 0 Å². The zero-order chi connectivity index (χ0) is 14.8. The Morgan fingerprint density at radius 3 is 2.71 bits per heavy atom. The van der Waals surface area contributed by atoms with Crippen LogP contribution in [0.3, 0.4) is 0 Å². The number of anilines is 2. The average Bonchev–Trinajstić information content (AvgIpc) is 2.76. The van der Waals surface area contributed by atoms with Crippen molar-refractivity contribution in [2.75, 3.05) is 17.2 Å². The summed E-state index contributed by atoms with van der Waals surface area (Å²) in [5.41, 5.74) is 2.06. The van der Waals surface area contributed by atoms with E-state index in [0.29, 0.717) is 12.3 Å². The third-order valence-corrected chi connectivity index (χ3v) is 3.32. The SMILES string of the molecule is CCOc1ccc(NC2C(=O)Nc3cc(F)ccc32)cc1. The number of hydrogen-bond donors (Lipinski definition) is 2. The van der Waals surface area contributed by atoms with Crippen LogP contribution in [0, 0.1) is 5.82 Å². The van der Waals surface area contributed by atoms with Crippen molar-refractivity contribution in [3.05, 3.63) is 53.8 Å². The van der Waals surface area contributed by atoms with Crippen LogP contribution in [-0.4, -0.2) is 12.5 Å². The summed E-state index contributed by atoms with van der Waals surface area (Å²) in [6, 6.07) is 11.2. The van der Waals surface area contributed by atoms with E-state index in [0.717, 1.165) is 17.0 Å². The van der Waals surface area contributed by atoms with Gasteiger partial charge in [0, 0.05) is 16.9 Å². The van der Waals surface area contributed by atoms with E-state index in [1.54, 1.807) is 6.07 Å². The monoisotopic (exact) mass is 286 g/mol. The van der Waals surface area contributed by atoms with Crippen molar-refractivity contribution < 1.29 is 13.9 Å². The van der Waals surface area contributed by atoms with Crippen LogP contribution in [0.4, 0.5) is 15.8 Å². The fourth-order valence-corrected chi connectivity index (χ4v) is 2.36. The molecule has 1 atom stereocenters. The Bertz CT molecular complexity index is 670. The zero-order valence-electron chi connectivity index (χ0n) is 11.5. The second kappa shape index (κ2) is 5.44. The molecule has 3 rings (SSSR count). The normalized spacial score (nSPS) is 16.3. The Labute approximate surface area is 121 Å². The lowest BCUT2D eigenvalue weighted by Gasteiger charge is -2.13. The van der Waals surface area contributed by atoms with Crippen molar-refractivity contribution >= 4 is 17.3 Å². The molecule has 1 aliphatic rings. The van der Waals surface area contributed by atoms with Crippen LogP contribution < -0.4 is 15.4 Å². The third kappa shape index (κ3) is 2.67. The maximum atomic E-state index is 13.2. The van der Waals surface area contributed by atoms with Crippen molar-refractivity contribution in [3.8, 4) is 5.75 Å². The fourth-order valence-electron chi connectivity index (χ4n) is 2.36. The summed E-state index contributed by atoms with van der Waals surface area (Å²) in [4.78, 5) is 12.0. The van der Waals surface area contributed by atoms with Crippen LogP contribution in [0.2, 0.25) is 0 Å². The maximum absolute atomic E-state index is 13.2. The van der Waals surface area contributed by atoms with E-state index in [1.165, 1.54) is 12.1 Å². The Kier molecular flexibility index (Phi) is 3.48. The highest BCUT2D eigenvalue weighted by Gasteiger charge is 2.30. The van der Waals surface area contributed by atoms with Gasteiger partial charge in [0.2, 0.25) is 0 Å². The summed E-state index contributed by atoms with van der Waals surface area (Å²) in [5.74, 6) is 0.224. The number of carbonyl (C=O) groups excluding carboxylic acids is 1. The van der Waals surface area contributed by atoms with Gasteiger partial charge in [-0.25, -0.2) is 4.39 Å². The summed E-state index contributed by atoms with van der Waals surface area (Å²) >= 11 is 0. The van der Waals surface area contributed by atoms with Crippen LogP contribution in [0.25, 0.3) is 0 Å². The number of halogens is 1. The molecule has 1 aliphatic heterocycles. The number of ether oxygens (including phenoxy) is 1. The van der Waals surface area contributed by atoms with Gasteiger partial charge in [0.1, 0.15) is 17.6 Å². The van der Waals surface area contributed by atoms with E-state index < -0.39 is 6.04 Å². The predicted octanol–water partition coefficient (Wildman–Crippen LogP) is 3.33. The molecular weight excluding hydrogens is 271 g/mol. The summed E-state index contributed by atoms with van der Waals surface area (Å²) in [6.07, 6.45) is 0. The van der Waals surface area contributed by atoms with E-state index in [1.807, 2.05) is 31.2 Å². The zero-order valence-corrected chi connectivity index (χ0v) is 11.5. The lowest BCUT2D eigenvalue weighted by molar-refractivity contribution is -0.116. The fraction of sp³-hybridized carbons (Fsp3) is 0.188. The van der Waals surface area contributed by atoms with Gasteiger partial charge in [0.15, 0.2) is 0 Å². The molecule has 0 bridgehead atoms. The molecule has 0 saturated carbocycles. The lowest BCUT2D eigenvalue weighted by Crippen LogP contribution is -2.19. The molecule has 1 unspecified atom stereocenters. The molecule has 2 N–H and O–H groups in total. The van der Waals surface area contributed by atoms with Crippen molar-refractivity contribution in [1.29, 1.82) is 0 Å². The number of nitrogens with one attached hydrogen (secondary N) is 2. The van der Waals surface area contributed by atoms with E-state index in [4.69, 9.17) is 4.74 Å². The number of benzene rings is 2. The summed E-state index contributed by atoms with van der Waals surface area (Å²) in [5, 5.41) is 5.82. The predicted molar refractivity (Wildman–Crippen MR) is 79.0 cm³/mol. The molecule has 2 aromatic rings. The molecule has 0 saturated heterocycles. The van der Waals surface area contributed by atoms with Gasteiger partial charge in [-0.3, -0.25) is 4.79 Å². The van der Waals surface area contributed by atoms with Gasteiger partial charge in [-0.1, -0.05) is 6.07 Å². The molecule has 4 nitrogen and oxygen atoms in total. The second-order valence-electron chi connectivity index (χ2n) is 4.76. The van der Waals surface area contributed by atoms with E-state index in [2.05, 4.69) is 10.6 Å². The number of fused-ring (bicyclic) bond motifs is 1. The summed E-state index contributed by atoms with van der Waals surface area (Å²) in [6.45, 7) is 2.53. The van der Waals surface area contributed by atoms with Crippen molar-refractivity contribution in [3.63, 3.8) is 0 Å². The second-order valence-corrected chi connectivity index (χ2v) is 4.76. The highest BCUT2D eigenvalue weighted by molar-refractivity contribution is 6.04. The summed E-state index contributed by atoms with van der Waals surface area (Å²) in [7, 11) is 0. The minimum atomic E-state index is -0.515. The highest BCUT2D eigenvalue weighted by atomic mass is 19.1. The average molecular weight is 286 g/mol. The van der Waals surface area contributed by atoms with Gasteiger partial charge in [-0.15, -0.1) is 0 Å². The quantitative estimate of drug-likeness (QED) is 0.906. The molecule has 0 aromatic heterocycles. The lowest BCUT2D eigenvalue weighted by atomic mass is 10.1. The van der Waals surface area contributed by atoms with Crippen LogP contribution in [0.5, 0.6) is 5.75 Å². The number of hydrogen-bond acceptors (Lipinski definition) is 3. The standard InChI is InChI=1S/C16H15FN2O2/c1-2-21-12-6-4-11(5-7-12)18-15-13-8-3-10(17)9-14(13)19-16(15)20/h3-9,15,18H,2H2,1H3,(H,19,20). The number of amides is 1. The Morgan fingerprint density at radius 2 is 2.00 bits per heavy atom. The van der Waals surface area contributed by atoms with E-state index in [9.17, 15) is 9.18 Å². The Hall–Kier alpha value is -2.56. The largest absolute Gasteiger partial charge is 0.494 e. The molecule has 108 valence electrons. The van der Waals surface area contributed by atoms with Gasteiger partial charge in [-0.05, 0) is 43.3 Å². The smallest absolute Gasteiger partial charge is 0.251 e. The minimum absolute atomic E-state index is 0.190. The number of rotatable bonds is 4. The van der Waals surface area contributed by atoms with Crippen molar-refractivity contribution in [1.82, 2.24) is 0 Å². The third-order valence-electron chi connectivity index (χ3n) is 3.32. The van der Waals surface area contributed by atoms with Crippen LogP contribution in [0.15, 0.2) is 42.5 Å². The topological polar surface area (TPSA) is 50.4 Å². The Morgan fingerprint density at radius 1 is 1.24 bits per heavy atom. The van der Waals surface area contributed by atoms with Gasteiger partial charge in [-0.2, -0.15) is 0 Å². The first kappa shape index (κ1) is 13.4. The van der Waals surface area contributed by atoms with Crippen molar-refractivity contribution in [2.45, 2.75) is 13.0 Å². The first-order valence-corrected chi connectivity index (χ1v) is 6.77. The molecule has 0 fully saturated rings. The van der Waals surface area contributed by atoms with Gasteiger partial charge in [0.05, 0.1) is 6.61 Å². The molecule has 1 heterocycles. The maximum Gasteiger partial charge on any atom is 0.251 e. The van der Waals surface area contributed by atoms with Crippen molar-refractivity contribution in [2.24, 2.45) is 0 Å². The highest BCUT2D eigenvalue weighted by Crippen LogP contribution is 2.33. The summed E-state index contributed by atoms with van der Waals surface area (Å²) < 4.78 is 18.5. The minimum Gasteiger partial charge on any atom is -0.494 e. The molecule has 2 aromatic carbocycles. The molecule has 0 spiro atoms. The molecular formula is C16H15FN2O2. The van der Waals surface area contributed by atoms with Gasteiger partial charge in [0.25, 0.3) is 5.91 Å². The number of carbonyl (C=O) groups is 1. The molecule has 1 amide bonds.